The van der Waals surface area contributed by atoms with Gasteiger partial charge in [0.25, 0.3) is 0 Å². The molecule has 0 saturated heterocycles. The fourth-order valence-electron chi connectivity index (χ4n) is 0.969. The molecule has 0 radical (unpaired) electrons. The number of thiazole rings is 1. The molecular weight excluding hydrogens is 172 g/mol. The third-order valence-electron chi connectivity index (χ3n) is 1.62. The van der Waals surface area contributed by atoms with Gasteiger partial charge in [0.1, 0.15) is 5.01 Å². The summed E-state index contributed by atoms with van der Waals surface area (Å²) in [6, 6.07) is 1.93. The molecule has 0 spiro atoms. The summed E-state index contributed by atoms with van der Waals surface area (Å²) in [5.74, 6) is 0. The third kappa shape index (κ3) is 1.10. The molecule has 0 aromatic carbocycles. The second-order valence-electron chi connectivity index (χ2n) is 2.51. The highest BCUT2D eigenvalue weighted by Crippen LogP contribution is 2.31. The molecule has 2 heterocycles. The van der Waals surface area contributed by atoms with Crippen molar-refractivity contribution in [2.75, 3.05) is 0 Å². The first kappa shape index (κ1) is 7.36. The van der Waals surface area contributed by atoms with Crippen LogP contribution in [0.5, 0.6) is 5.06 Å². The van der Waals surface area contributed by atoms with Crippen LogP contribution in [-0.4, -0.2) is 15.1 Å². The van der Waals surface area contributed by atoms with Gasteiger partial charge < -0.3 is 10.1 Å². The Balaban J connectivity index is 2.48. The van der Waals surface area contributed by atoms with Crippen LogP contribution in [0.25, 0.3) is 10.6 Å². The SMILES string of the molecule is Cc1nc(-c2cc[nH]c2)sc1O. The Morgan fingerprint density at radius 1 is 1.58 bits per heavy atom. The van der Waals surface area contributed by atoms with Crippen molar-refractivity contribution in [3.05, 3.63) is 24.2 Å². The van der Waals surface area contributed by atoms with Crippen molar-refractivity contribution >= 4 is 11.3 Å². The summed E-state index contributed by atoms with van der Waals surface area (Å²) in [6.45, 7) is 1.79. The molecule has 0 saturated carbocycles. The Bertz CT molecular complexity index is 358. The summed E-state index contributed by atoms with van der Waals surface area (Å²) in [7, 11) is 0. The Labute approximate surface area is 73.7 Å². The molecule has 12 heavy (non-hydrogen) atoms. The lowest BCUT2D eigenvalue weighted by molar-refractivity contribution is 0.485. The summed E-state index contributed by atoms with van der Waals surface area (Å²) in [5, 5.41) is 10.4. The van der Waals surface area contributed by atoms with E-state index < -0.39 is 0 Å². The monoisotopic (exact) mass is 180 g/mol. The van der Waals surface area contributed by atoms with Crippen molar-refractivity contribution in [3.8, 4) is 15.6 Å². The van der Waals surface area contributed by atoms with E-state index in [2.05, 4.69) is 9.97 Å². The predicted octanol–water partition coefficient (Wildman–Crippen LogP) is 2.15. The minimum Gasteiger partial charge on any atom is -0.498 e. The lowest BCUT2D eigenvalue weighted by atomic mass is 10.4. The summed E-state index contributed by atoms with van der Waals surface area (Å²) in [6.07, 6.45) is 3.70. The number of hydrogen-bond donors (Lipinski definition) is 2. The van der Waals surface area contributed by atoms with Gasteiger partial charge in [0.05, 0.1) is 5.69 Å². The van der Waals surface area contributed by atoms with Crippen molar-refractivity contribution in [3.63, 3.8) is 0 Å². The van der Waals surface area contributed by atoms with E-state index in [1.807, 2.05) is 18.5 Å². The first-order chi connectivity index (χ1) is 5.77. The quantitative estimate of drug-likeness (QED) is 0.706. The normalized spacial score (nSPS) is 10.4. The maximum Gasteiger partial charge on any atom is 0.195 e. The first-order valence-corrected chi connectivity index (χ1v) is 4.38. The van der Waals surface area contributed by atoms with Crippen LogP contribution in [0, 0.1) is 6.92 Å². The maximum atomic E-state index is 9.28. The molecule has 2 N–H and O–H groups in total. The molecule has 62 valence electrons. The fourth-order valence-corrected chi connectivity index (χ4v) is 1.77. The third-order valence-corrected chi connectivity index (χ3v) is 2.63. The van der Waals surface area contributed by atoms with E-state index in [0.29, 0.717) is 10.8 Å². The van der Waals surface area contributed by atoms with Crippen LogP contribution < -0.4 is 0 Å². The van der Waals surface area contributed by atoms with Crippen molar-refractivity contribution in [1.82, 2.24) is 9.97 Å². The topological polar surface area (TPSA) is 48.9 Å². The van der Waals surface area contributed by atoms with Crippen LogP contribution >= 0.6 is 11.3 Å². The van der Waals surface area contributed by atoms with Crippen molar-refractivity contribution < 1.29 is 5.11 Å². The molecule has 0 bridgehead atoms. The number of rotatable bonds is 1. The number of aryl methyl sites for hydroxylation is 1. The van der Waals surface area contributed by atoms with Crippen LogP contribution in [0.2, 0.25) is 0 Å². The number of hydrogen-bond acceptors (Lipinski definition) is 3. The molecule has 0 aliphatic carbocycles. The molecule has 0 unspecified atom stereocenters. The summed E-state index contributed by atoms with van der Waals surface area (Å²) < 4.78 is 0. The molecule has 3 nitrogen and oxygen atoms in total. The van der Waals surface area contributed by atoms with E-state index in [1.54, 1.807) is 6.92 Å². The average Bonchev–Trinajstić information content (AvgIpc) is 2.61. The number of aromatic hydroxyl groups is 1. The standard InChI is InChI=1S/C8H8N2OS/c1-5-8(11)12-7(10-5)6-2-3-9-4-6/h2-4,9,11H,1H3. The van der Waals surface area contributed by atoms with Crippen molar-refractivity contribution in [2.45, 2.75) is 6.92 Å². The van der Waals surface area contributed by atoms with Crippen molar-refractivity contribution in [2.24, 2.45) is 0 Å². The van der Waals surface area contributed by atoms with Gasteiger partial charge >= 0.3 is 0 Å². The predicted molar refractivity (Wildman–Crippen MR) is 48.3 cm³/mol. The zero-order chi connectivity index (χ0) is 8.55. The number of nitrogens with one attached hydrogen (secondary N) is 1. The zero-order valence-electron chi connectivity index (χ0n) is 6.53. The molecule has 0 aliphatic heterocycles. The molecule has 4 heteroatoms. The highest BCUT2D eigenvalue weighted by molar-refractivity contribution is 7.16. The van der Waals surface area contributed by atoms with Crippen molar-refractivity contribution in [1.29, 1.82) is 0 Å². The fraction of sp³-hybridized carbons (Fsp3) is 0.125. The molecular formula is C8H8N2OS. The van der Waals surface area contributed by atoms with E-state index in [1.165, 1.54) is 11.3 Å². The van der Waals surface area contributed by atoms with Gasteiger partial charge in [-0.3, -0.25) is 0 Å². The average molecular weight is 180 g/mol. The summed E-state index contributed by atoms with van der Waals surface area (Å²) >= 11 is 1.30. The van der Waals surface area contributed by atoms with E-state index in [0.717, 1.165) is 10.6 Å². The maximum absolute atomic E-state index is 9.28. The van der Waals surface area contributed by atoms with Gasteiger partial charge in [-0.25, -0.2) is 4.98 Å². The van der Waals surface area contributed by atoms with Gasteiger partial charge in [-0.2, -0.15) is 0 Å². The van der Waals surface area contributed by atoms with Gasteiger partial charge in [-0.05, 0) is 13.0 Å². The molecule has 0 atom stereocenters. The Morgan fingerprint density at radius 2 is 2.42 bits per heavy atom. The molecule has 2 aromatic rings. The minimum atomic E-state index is 0.297. The Morgan fingerprint density at radius 3 is 2.92 bits per heavy atom. The summed E-state index contributed by atoms with van der Waals surface area (Å²) in [5.41, 5.74) is 1.71. The number of H-pyrrole nitrogens is 1. The van der Waals surface area contributed by atoms with E-state index in [-0.39, 0.29) is 0 Å². The van der Waals surface area contributed by atoms with Gasteiger partial charge in [0.2, 0.25) is 0 Å². The molecule has 0 aliphatic rings. The van der Waals surface area contributed by atoms with Gasteiger partial charge in [-0.1, -0.05) is 11.3 Å². The van der Waals surface area contributed by atoms with E-state index >= 15 is 0 Å². The molecule has 2 rings (SSSR count). The Hall–Kier alpha value is -1.29. The van der Waals surface area contributed by atoms with Crippen LogP contribution in [0.1, 0.15) is 5.69 Å². The highest BCUT2D eigenvalue weighted by atomic mass is 32.1. The number of aromatic nitrogens is 2. The highest BCUT2D eigenvalue weighted by Gasteiger charge is 2.07. The van der Waals surface area contributed by atoms with E-state index in [9.17, 15) is 5.11 Å². The smallest absolute Gasteiger partial charge is 0.195 e. The van der Waals surface area contributed by atoms with Gasteiger partial charge in [0, 0.05) is 18.0 Å². The first-order valence-electron chi connectivity index (χ1n) is 3.57. The second-order valence-corrected chi connectivity index (χ2v) is 3.49. The number of aromatic amines is 1. The number of nitrogens with zero attached hydrogens (tertiary/aromatic N) is 1. The summed E-state index contributed by atoms with van der Waals surface area (Å²) in [4.78, 5) is 7.14. The van der Waals surface area contributed by atoms with Crippen LogP contribution in [0.15, 0.2) is 18.5 Å². The molecule has 0 fully saturated rings. The molecule has 2 aromatic heterocycles. The minimum absolute atomic E-state index is 0.297. The van der Waals surface area contributed by atoms with Crippen LogP contribution in [0.4, 0.5) is 0 Å². The van der Waals surface area contributed by atoms with Gasteiger partial charge in [-0.15, -0.1) is 0 Å². The molecule has 0 amide bonds. The lowest BCUT2D eigenvalue weighted by Crippen LogP contribution is -1.72. The largest absolute Gasteiger partial charge is 0.498 e. The van der Waals surface area contributed by atoms with E-state index in [4.69, 9.17) is 0 Å². The lowest BCUT2D eigenvalue weighted by Gasteiger charge is -1.84. The van der Waals surface area contributed by atoms with Crippen LogP contribution in [0.3, 0.4) is 0 Å². The van der Waals surface area contributed by atoms with Crippen LogP contribution in [-0.2, 0) is 0 Å². The second kappa shape index (κ2) is 2.64. The Kier molecular flexibility index (Phi) is 1.62. The van der Waals surface area contributed by atoms with Gasteiger partial charge in [0.15, 0.2) is 5.06 Å². The zero-order valence-corrected chi connectivity index (χ0v) is 7.35.